The molecule has 0 saturated carbocycles. The Kier molecular flexibility index (Phi) is 5.12. The number of carbonyl (C=O) groups is 1. The van der Waals surface area contributed by atoms with Gasteiger partial charge in [-0.25, -0.2) is 0 Å². The molecule has 0 atom stereocenters. The first kappa shape index (κ1) is 16.8. The average Bonchev–Trinajstić information content (AvgIpc) is 2.43. The quantitative estimate of drug-likeness (QED) is 0.909. The van der Waals surface area contributed by atoms with Gasteiger partial charge in [0.2, 0.25) is 5.91 Å². The number of piperazine rings is 1. The lowest BCUT2D eigenvalue weighted by Crippen LogP contribution is -2.62. The molecule has 0 radical (unpaired) electrons. The highest BCUT2D eigenvalue weighted by Gasteiger charge is 2.37. The van der Waals surface area contributed by atoms with Gasteiger partial charge in [0.1, 0.15) is 12.4 Å². The van der Waals surface area contributed by atoms with Gasteiger partial charge < -0.3 is 10.1 Å². The summed E-state index contributed by atoms with van der Waals surface area (Å²) in [6, 6.07) is 6.29. The van der Waals surface area contributed by atoms with Gasteiger partial charge in [0.25, 0.3) is 0 Å². The first-order valence-electron chi connectivity index (χ1n) is 8.09. The molecule has 122 valence electrons. The van der Waals surface area contributed by atoms with E-state index in [1.165, 1.54) is 11.1 Å². The zero-order valence-electron chi connectivity index (χ0n) is 14.4. The molecule has 4 nitrogen and oxygen atoms in total. The van der Waals surface area contributed by atoms with E-state index in [1.807, 2.05) is 19.9 Å². The van der Waals surface area contributed by atoms with Crippen molar-refractivity contribution in [2.24, 2.45) is 0 Å². The Balaban J connectivity index is 1.91. The lowest BCUT2D eigenvalue weighted by molar-refractivity contribution is -0.135. The van der Waals surface area contributed by atoms with Crippen molar-refractivity contribution in [1.82, 2.24) is 10.2 Å². The third-order valence-corrected chi connectivity index (χ3v) is 4.51. The summed E-state index contributed by atoms with van der Waals surface area (Å²) in [7, 11) is 0. The summed E-state index contributed by atoms with van der Waals surface area (Å²) < 4.78 is 5.88. The number of ether oxygens (including phenoxy) is 1. The van der Waals surface area contributed by atoms with Crippen LogP contribution in [0, 0.1) is 6.92 Å². The molecule has 1 N–H and O–H groups in total. The van der Waals surface area contributed by atoms with Gasteiger partial charge in [-0.3, -0.25) is 9.69 Å². The van der Waals surface area contributed by atoms with Gasteiger partial charge in [0, 0.05) is 19.6 Å². The van der Waals surface area contributed by atoms with Crippen LogP contribution in [0.3, 0.4) is 0 Å². The molecule has 1 aliphatic rings. The predicted molar refractivity (Wildman–Crippen MR) is 89.4 cm³/mol. The van der Waals surface area contributed by atoms with Crippen LogP contribution in [0.1, 0.15) is 44.7 Å². The molecular formula is C18H28N2O2. The molecule has 1 fully saturated rings. The molecular weight excluding hydrogens is 276 g/mol. The number of aryl methyl sites for hydroxylation is 1. The summed E-state index contributed by atoms with van der Waals surface area (Å²) >= 11 is 0. The molecule has 2 rings (SSSR count). The Morgan fingerprint density at radius 2 is 2.09 bits per heavy atom. The van der Waals surface area contributed by atoms with Gasteiger partial charge in [-0.15, -0.1) is 0 Å². The van der Waals surface area contributed by atoms with Crippen LogP contribution in [-0.4, -0.2) is 42.6 Å². The Morgan fingerprint density at radius 3 is 2.73 bits per heavy atom. The molecule has 1 aromatic rings. The molecule has 22 heavy (non-hydrogen) atoms. The van der Waals surface area contributed by atoms with Crippen LogP contribution >= 0.6 is 0 Å². The van der Waals surface area contributed by atoms with Gasteiger partial charge >= 0.3 is 0 Å². The lowest BCUT2D eigenvalue weighted by Gasteiger charge is -2.41. The van der Waals surface area contributed by atoms with E-state index in [0.717, 1.165) is 18.8 Å². The molecule has 0 aromatic heterocycles. The van der Waals surface area contributed by atoms with Crippen molar-refractivity contribution < 1.29 is 9.53 Å². The van der Waals surface area contributed by atoms with Crippen LogP contribution in [0.25, 0.3) is 0 Å². The molecule has 0 bridgehead atoms. The summed E-state index contributed by atoms with van der Waals surface area (Å²) in [5.74, 6) is 1.53. The molecule has 0 aliphatic carbocycles. The van der Waals surface area contributed by atoms with Gasteiger partial charge in [-0.05, 0) is 49.9 Å². The van der Waals surface area contributed by atoms with Gasteiger partial charge in [0.15, 0.2) is 0 Å². The maximum atomic E-state index is 11.9. The Morgan fingerprint density at radius 1 is 1.36 bits per heavy atom. The third-order valence-electron chi connectivity index (χ3n) is 4.51. The Labute approximate surface area is 133 Å². The SMILES string of the molecule is Cc1cc(OCCN2CCNC(=O)C2(C)C)ccc1C(C)C. The second kappa shape index (κ2) is 6.69. The molecule has 0 unspecified atom stereocenters. The van der Waals surface area contributed by atoms with Gasteiger partial charge in [-0.2, -0.15) is 0 Å². The van der Waals surface area contributed by atoms with Crippen molar-refractivity contribution in [3.05, 3.63) is 29.3 Å². The second-order valence-corrected chi connectivity index (χ2v) is 6.82. The average molecular weight is 304 g/mol. The van der Waals surface area contributed by atoms with E-state index in [9.17, 15) is 4.79 Å². The van der Waals surface area contributed by atoms with Crippen LogP contribution in [-0.2, 0) is 4.79 Å². The first-order chi connectivity index (χ1) is 10.3. The lowest BCUT2D eigenvalue weighted by atomic mass is 9.98. The largest absolute Gasteiger partial charge is 0.492 e. The van der Waals surface area contributed by atoms with Crippen LogP contribution in [0.5, 0.6) is 5.75 Å². The van der Waals surface area contributed by atoms with Crippen molar-refractivity contribution in [3.63, 3.8) is 0 Å². The minimum absolute atomic E-state index is 0.0934. The normalized spacial score (nSPS) is 18.4. The van der Waals surface area contributed by atoms with Crippen molar-refractivity contribution >= 4 is 5.91 Å². The number of amides is 1. The van der Waals surface area contributed by atoms with Crippen LogP contribution in [0.4, 0.5) is 0 Å². The van der Waals surface area contributed by atoms with E-state index in [-0.39, 0.29) is 5.91 Å². The fourth-order valence-corrected chi connectivity index (χ4v) is 2.99. The highest BCUT2D eigenvalue weighted by molar-refractivity contribution is 5.86. The van der Waals surface area contributed by atoms with Gasteiger partial charge in [-0.1, -0.05) is 19.9 Å². The van der Waals surface area contributed by atoms with Crippen LogP contribution < -0.4 is 10.1 Å². The summed E-state index contributed by atoms with van der Waals surface area (Å²) in [5, 5.41) is 2.91. The van der Waals surface area contributed by atoms with E-state index in [2.05, 4.69) is 43.1 Å². The molecule has 1 aromatic carbocycles. The number of nitrogens with zero attached hydrogens (tertiary/aromatic N) is 1. The summed E-state index contributed by atoms with van der Waals surface area (Å²) in [4.78, 5) is 14.1. The van der Waals surface area contributed by atoms with Crippen molar-refractivity contribution in [2.75, 3.05) is 26.2 Å². The molecule has 0 spiro atoms. The minimum atomic E-state index is -0.459. The first-order valence-corrected chi connectivity index (χ1v) is 8.09. The number of hydrogen-bond acceptors (Lipinski definition) is 3. The molecule has 1 saturated heterocycles. The standard InChI is InChI=1S/C18H28N2O2/c1-13(2)16-7-6-15(12-14(16)3)22-11-10-20-9-8-19-17(21)18(20,4)5/h6-7,12-13H,8-11H2,1-5H3,(H,19,21). The van der Waals surface area contributed by atoms with Crippen molar-refractivity contribution in [3.8, 4) is 5.75 Å². The Hall–Kier alpha value is -1.55. The van der Waals surface area contributed by atoms with E-state index >= 15 is 0 Å². The number of hydrogen-bond donors (Lipinski definition) is 1. The maximum Gasteiger partial charge on any atom is 0.240 e. The Bertz CT molecular complexity index is 538. The molecule has 1 heterocycles. The zero-order chi connectivity index (χ0) is 16.3. The fraction of sp³-hybridized carbons (Fsp3) is 0.611. The smallest absolute Gasteiger partial charge is 0.240 e. The highest BCUT2D eigenvalue weighted by atomic mass is 16.5. The molecule has 1 amide bonds. The number of nitrogens with one attached hydrogen (secondary N) is 1. The third kappa shape index (κ3) is 3.61. The zero-order valence-corrected chi connectivity index (χ0v) is 14.4. The topological polar surface area (TPSA) is 41.6 Å². The minimum Gasteiger partial charge on any atom is -0.492 e. The number of carbonyl (C=O) groups excluding carboxylic acids is 1. The fourth-order valence-electron chi connectivity index (χ4n) is 2.99. The van der Waals surface area contributed by atoms with Gasteiger partial charge in [0.05, 0.1) is 5.54 Å². The molecule has 4 heteroatoms. The van der Waals surface area contributed by atoms with Crippen molar-refractivity contribution in [1.29, 1.82) is 0 Å². The van der Waals surface area contributed by atoms with Crippen LogP contribution in [0.15, 0.2) is 18.2 Å². The monoisotopic (exact) mass is 304 g/mol. The summed E-state index contributed by atoms with van der Waals surface area (Å²) in [6.45, 7) is 13.4. The molecule has 1 aliphatic heterocycles. The van der Waals surface area contributed by atoms with E-state index in [1.54, 1.807) is 0 Å². The maximum absolute atomic E-state index is 11.9. The predicted octanol–water partition coefficient (Wildman–Crippen LogP) is 2.71. The van der Waals surface area contributed by atoms with E-state index < -0.39 is 5.54 Å². The highest BCUT2D eigenvalue weighted by Crippen LogP contribution is 2.24. The number of benzene rings is 1. The summed E-state index contributed by atoms with van der Waals surface area (Å²) in [6.07, 6.45) is 0. The van der Waals surface area contributed by atoms with Crippen LogP contribution in [0.2, 0.25) is 0 Å². The van der Waals surface area contributed by atoms with E-state index in [4.69, 9.17) is 4.74 Å². The second-order valence-electron chi connectivity index (χ2n) is 6.82. The number of rotatable bonds is 5. The van der Waals surface area contributed by atoms with Crippen molar-refractivity contribution in [2.45, 2.75) is 46.1 Å². The van der Waals surface area contributed by atoms with E-state index in [0.29, 0.717) is 19.1 Å². The summed E-state index contributed by atoms with van der Waals surface area (Å²) in [5.41, 5.74) is 2.17.